The van der Waals surface area contributed by atoms with Gasteiger partial charge in [-0.3, -0.25) is 9.69 Å². The van der Waals surface area contributed by atoms with Gasteiger partial charge in [0.25, 0.3) is 0 Å². The lowest BCUT2D eigenvalue weighted by molar-refractivity contribution is -0.121. The fourth-order valence-corrected chi connectivity index (χ4v) is 2.54. The fraction of sp³-hybridized carbons (Fsp3) is 0.350. The lowest BCUT2D eigenvalue weighted by atomic mass is 10.1. The van der Waals surface area contributed by atoms with Crippen LogP contribution in [0.5, 0.6) is 0 Å². The van der Waals surface area contributed by atoms with Crippen LogP contribution in [0.4, 0.5) is 0 Å². The van der Waals surface area contributed by atoms with Gasteiger partial charge in [0.05, 0.1) is 0 Å². The highest BCUT2D eigenvalue weighted by Gasteiger charge is 2.08. The topological polar surface area (TPSA) is 32.3 Å². The number of aryl methyl sites for hydroxylation is 1. The second kappa shape index (κ2) is 9.11. The van der Waals surface area contributed by atoms with Crippen LogP contribution < -0.4 is 5.32 Å². The molecule has 0 saturated heterocycles. The summed E-state index contributed by atoms with van der Waals surface area (Å²) in [5.41, 5.74) is 3.68. The van der Waals surface area contributed by atoms with E-state index in [0.29, 0.717) is 13.0 Å². The zero-order chi connectivity index (χ0) is 16.5. The van der Waals surface area contributed by atoms with Crippen molar-refractivity contribution in [3.05, 3.63) is 71.3 Å². The van der Waals surface area contributed by atoms with Crippen LogP contribution >= 0.6 is 0 Å². The zero-order valence-electron chi connectivity index (χ0n) is 14.1. The molecule has 3 nitrogen and oxygen atoms in total. The SMILES string of the molecule is CCN(CCC(=O)NCc1ccccc1C)Cc1ccccc1. The maximum atomic E-state index is 12.1. The summed E-state index contributed by atoms with van der Waals surface area (Å²) < 4.78 is 0. The van der Waals surface area contributed by atoms with E-state index in [2.05, 4.69) is 60.5 Å². The highest BCUT2D eigenvalue weighted by molar-refractivity contribution is 5.76. The van der Waals surface area contributed by atoms with E-state index in [4.69, 9.17) is 0 Å². The molecule has 0 radical (unpaired) electrons. The van der Waals surface area contributed by atoms with Gasteiger partial charge in [0.1, 0.15) is 0 Å². The summed E-state index contributed by atoms with van der Waals surface area (Å²) in [5.74, 6) is 0.111. The second-order valence-corrected chi connectivity index (χ2v) is 5.81. The van der Waals surface area contributed by atoms with Gasteiger partial charge in [0.15, 0.2) is 0 Å². The molecule has 3 heteroatoms. The Labute approximate surface area is 139 Å². The predicted molar refractivity (Wildman–Crippen MR) is 95.0 cm³/mol. The van der Waals surface area contributed by atoms with Crippen molar-refractivity contribution >= 4 is 5.91 Å². The maximum Gasteiger partial charge on any atom is 0.221 e. The van der Waals surface area contributed by atoms with Crippen molar-refractivity contribution < 1.29 is 4.79 Å². The standard InChI is InChI=1S/C20H26N2O/c1-3-22(16-18-10-5-4-6-11-18)14-13-20(23)21-15-19-12-8-7-9-17(19)2/h4-12H,3,13-16H2,1-2H3,(H,21,23). The summed E-state index contributed by atoms with van der Waals surface area (Å²) >= 11 is 0. The summed E-state index contributed by atoms with van der Waals surface area (Å²) in [6, 6.07) is 18.5. The van der Waals surface area contributed by atoms with Gasteiger partial charge in [-0.2, -0.15) is 0 Å². The van der Waals surface area contributed by atoms with Gasteiger partial charge in [0.2, 0.25) is 5.91 Å². The Morgan fingerprint density at radius 3 is 2.43 bits per heavy atom. The number of nitrogens with one attached hydrogen (secondary N) is 1. The molecule has 122 valence electrons. The maximum absolute atomic E-state index is 12.1. The normalized spacial score (nSPS) is 10.7. The molecule has 0 unspecified atom stereocenters. The molecule has 2 rings (SSSR count). The molecule has 2 aromatic carbocycles. The fourth-order valence-electron chi connectivity index (χ4n) is 2.54. The van der Waals surface area contributed by atoms with Crippen LogP contribution in [0.1, 0.15) is 30.0 Å². The third-order valence-corrected chi connectivity index (χ3v) is 4.09. The highest BCUT2D eigenvalue weighted by atomic mass is 16.1. The van der Waals surface area contributed by atoms with E-state index in [1.807, 2.05) is 18.2 Å². The number of rotatable bonds is 8. The van der Waals surface area contributed by atoms with Crippen molar-refractivity contribution in [2.45, 2.75) is 33.4 Å². The quantitative estimate of drug-likeness (QED) is 0.809. The summed E-state index contributed by atoms with van der Waals surface area (Å²) in [6.07, 6.45) is 0.534. The average molecular weight is 310 g/mol. The summed E-state index contributed by atoms with van der Waals surface area (Å²) in [6.45, 7) is 7.43. The minimum Gasteiger partial charge on any atom is -0.352 e. The smallest absolute Gasteiger partial charge is 0.221 e. The number of carbonyl (C=O) groups is 1. The van der Waals surface area contributed by atoms with Crippen LogP contribution in [0.25, 0.3) is 0 Å². The number of carbonyl (C=O) groups excluding carboxylic acids is 1. The van der Waals surface area contributed by atoms with Crippen molar-refractivity contribution in [1.82, 2.24) is 10.2 Å². The molecule has 0 fully saturated rings. The first-order chi connectivity index (χ1) is 11.2. The summed E-state index contributed by atoms with van der Waals surface area (Å²) in [5, 5.41) is 3.02. The monoisotopic (exact) mass is 310 g/mol. The van der Waals surface area contributed by atoms with Crippen molar-refractivity contribution in [2.24, 2.45) is 0 Å². The third kappa shape index (κ3) is 5.87. The summed E-state index contributed by atoms with van der Waals surface area (Å²) in [4.78, 5) is 14.4. The number of nitrogens with zero attached hydrogens (tertiary/aromatic N) is 1. The second-order valence-electron chi connectivity index (χ2n) is 5.81. The Morgan fingerprint density at radius 1 is 1.04 bits per heavy atom. The highest BCUT2D eigenvalue weighted by Crippen LogP contribution is 2.07. The molecule has 1 N–H and O–H groups in total. The van der Waals surface area contributed by atoms with Crippen molar-refractivity contribution in [2.75, 3.05) is 13.1 Å². The Kier molecular flexibility index (Phi) is 6.82. The number of hydrogen-bond acceptors (Lipinski definition) is 2. The van der Waals surface area contributed by atoms with Gasteiger partial charge in [-0.1, -0.05) is 61.5 Å². The first-order valence-corrected chi connectivity index (χ1v) is 8.26. The molecule has 0 aliphatic heterocycles. The zero-order valence-corrected chi connectivity index (χ0v) is 14.1. The van der Waals surface area contributed by atoms with Crippen LogP contribution in [-0.4, -0.2) is 23.9 Å². The number of hydrogen-bond donors (Lipinski definition) is 1. The van der Waals surface area contributed by atoms with Crippen molar-refractivity contribution in [3.8, 4) is 0 Å². The van der Waals surface area contributed by atoms with E-state index in [1.165, 1.54) is 16.7 Å². The minimum absolute atomic E-state index is 0.111. The Morgan fingerprint density at radius 2 is 1.74 bits per heavy atom. The molecule has 0 aliphatic carbocycles. The van der Waals surface area contributed by atoms with Gasteiger partial charge in [-0.25, -0.2) is 0 Å². The Balaban J connectivity index is 1.75. The molecule has 0 heterocycles. The largest absolute Gasteiger partial charge is 0.352 e. The van der Waals surface area contributed by atoms with Crippen LogP contribution in [0.3, 0.4) is 0 Å². The molecule has 0 spiro atoms. The molecular weight excluding hydrogens is 284 g/mol. The molecule has 0 bridgehead atoms. The van der Waals surface area contributed by atoms with Gasteiger partial charge >= 0.3 is 0 Å². The molecular formula is C20H26N2O. The molecule has 0 atom stereocenters. The predicted octanol–water partition coefficient (Wildman–Crippen LogP) is 3.52. The average Bonchev–Trinajstić information content (AvgIpc) is 2.58. The van der Waals surface area contributed by atoms with E-state index in [1.54, 1.807) is 0 Å². The summed E-state index contributed by atoms with van der Waals surface area (Å²) in [7, 11) is 0. The Bertz CT molecular complexity index is 610. The van der Waals surface area contributed by atoms with Crippen LogP contribution in [0.15, 0.2) is 54.6 Å². The first kappa shape index (κ1) is 17.2. The molecule has 0 aromatic heterocycles. The van der Waals surface area contributed by atoms with E-state index in [9.17, 15) is 4.79 Å². The lowest BCUT2D eigenvalue weighted by Gasteiger charge is -2.20. The van der Waals surface area contributed by atoms with E-state index < -0.39 is 0 Å². The molecule has 0 aliphatic rings. The molecule has 1 amide bonds. The van der Waals surface area contributed by atoms with Crippen molar-refractivity contribution in [3.63, 3.8) is 0 Å². The number of benzene rings is 2. The van der Waals surface area contributed by atoms with Crippen LogP contribution in [0.2, 0.25) is 0 Å². The minimum atomic E-state index is 0.111. The lowest BCUT2D eigenvalue weighted by Crippen LogP contribution is -2.30. The van der Waals surface area contributed by atoms with Gasteiger partial charge in [0, 0.05) is 26.1 Å². The van der Waals surface area contributed by atoms with E-state index >= 15 is 0 Å². The first-order valence-electron chi connectivity index (χ1n) is 8.26. The van der Waals surface area contributed by atoms with Crippen LogP contribution in [0, 0.1) is 6.92 Å². The Hall–Kier alpha value is -2.13. The van der Waals surface area contributed by atoms with Gasteiger partial charge in [-0.05, 0) is 30.2 Å². The van der Waals surface area contributed by atoms with E-state index in [0.717, 1.165) is 19.6 Å². The third-order valence-electron chi connectivity index (χ3n) is 4.09. The van der Waals surface area contributed by atoms with Crippen LogP contribution in [-0.2, 0) is 17.9 Å². The van der Waals surface area contributed by atoms with Gasteiger partial charge < -0.3 is 5.32 Å². The van der Waals surface area contributed by atoms with E-state index in [-0.39, 0.29) is 5.91 Å². The molecule has 2 aromatic rings. The van der Waals surface area contributed by atoms with Crippen molar-refractivity contribution in [1.29, 1.82) is 0 Å². The number of amides is 1. The molecule has 23 heavy (non-hydrogen) atoms. The molecule has 0 saturated carbocycles. The van der Waals surface area contributed by atoms with Gasteiger partial charge in [-0.15, -0.1) is 0 Å².